The zero-order chi connectivity index (χ0) is 9.84. The Morgan fingerprint density at radius 3 is 2.62 bits per heavy atom. The van der Waals surface area contributed by atoms with Crippen molar-refractivity contribution >= 4 is 17.0 Å². The molecule has 1 rings (SSSR count). The van der Waals surface area contributed by atoms with Crippen LogP contribution in [0.4, 0.5) is 5.69 Å². The van der Waals surface area contributed by atoms with Crippen molar-refractivity contribution in [3.63, 3.8) is 0 Å². The fourth-order valence-electron chi connectivity index (χ4n) is 1.22. The number of rotatable bonds is 3. The van der Waals surface area contributed by atoms with E-state index in [0.717, 1.165) is 17.7 Å². The first-order valence-corrected chi connectivity index (χ1v) is 5.89. The van der Waals surface area contributed by atoms with Crippen LogP contribution in [-0.4, -0.2) is 10.8 Å². The predicted octanol–water partition coefficient (Wildman–Crippen LogP) is 2.26. The van der Waals surface area contributed by atoms with E-state index in [4.69, 9.17) is 0 Å². The zero-order valence-electron chi connectivity index (χ0n) is 8.26. The molecular weight excluding hydrogens is 182 g/mol. The van der Waals surface area contributed by atoms with Crippen LogP contribution >= 0.6 is 0 Å². The van der Waals surface area contributed by atoms with E-state index in [1.54, 1.807) is 6.26 Å². The van der Waals surface area contributed by atoms with Crippen LogP contribution in [0.3, 0.4) is 0 Å². The van der Waals surface area contributed by atoms with Gasteiger partial charge >= 0.3 is 0 Å². The Labute approximate surface area is 82.7 Å². The largest absolute Gasteiger partial charge is 0.593 e. The molecule has 0 spiro atoms. The molecule has 0 heterocycles. The highest BCUT2D eigenvalue weighted by Gasteiger charge is 2.02. The van der Waals surface area contributed by atoms with Crippen molar-refractivity contribution in [2.24, 2.45) is 0 Å². The Morgan fingerprint density at radius 2 is 2.15 bits per heavy atom. The number of aryl methyl sites for hydroxylation is 2. The van der Waals surface area contributed by atoms with E-state index in [-0.39, 0.29) is 0 Å². The van der Waals surface area contributed by atoms with E-state index < -0.39 is 11.4 Å². The summed E-state index contributed by atoms with van der Waals surface area (Å²) in [5.41, 5.74) is 3.41. The van der Waals surface area contributed by atoms with Gasteiger partial charge in [0.1, 0.15) is 6.26 Å². The predicted molar refractivity (Wildman–Crippen MR) is 58.2 cm³/mol. The third-order valence-electron chi connectivity index (χ3n) is 1.95. The van der Waals surface area contributed by atoms with Gasteiger partial charge < -0.3 is 4.55 Å². The lowest BCUT2D eigenvalue weighted by atomic mass is 10.1. The molecule has 1 atom stereocenters. The fourth-order valence-corrected chi connectivity index (χ4v) is 1.75. The monoisotopic (exact) mass is 197 g/mol. The summed E-state index contributed by atoms with van der Waals surface area (Å²) in [6, 6.07) is 6.16. The van der Waals surface area contributed by atoms with Crippen molar-refractivity contribution in [3.05, 3.63) is 29.3 Å². The van der Waals surface area contributed by atoms with Gasteiger partial charge in [0, 0.05) is 0 Å². The standard InChI is InChI=1S/C10H15NOS/c1-4-9-5-6-10(8(2)7-9)11-13(3)12/h5-7,11H,4H2,1-3H3. The van der Waals surface area contributed by atoms with Gasteiger partial charge in [-0.3, -0.25) is 0 Å². The van der Waals surface area contributed by atoms with Gasteiger partial charge in [0.2, 0.25) is 0 Å². The van der Waals surface area contributed by atoms with Crippen molar-refractivity contribution in [1.82, 2.24) is 0 Å². The topological polar surface area (TPSA) is 35.1 Å². The molecule has 3 heteroatoms. The maximum atomic E-state index is 10.9. The van der Waals surface area contributed by atoms with Crippen LogP contribution in [0.2, 0.25) is 0 Å². The van der Waals surface area contributed by atoms with Gasteiger partial charge in [0.05, 0.1) is 17.0 Å². The van der Waals surface area contributed by atoms with Crippen molar-refractivity contribution in [3.8, 4) is 0 Å². The first-order valence-electron chi connectivity index (χ1n) is 4.33. The Kier molecular flexibility index (Phi) is 3.63. The molecule has 0 saturated heterocycles. The summed E-state index contributed by atoms with van der Waals surface area (Å²) < 4.78 is 13.8. The van der Waals surface area contributed by atoms with Gasteiger partial charge in [-0.2, -0.15) is 0 Å². The average Bonchev–Trinajstić information content (AvgIpc) is 2.08. The van der Waals surface area contributed by atoms with Gasteiger partial charge in [-0.1, -0.05) is 19.1 Å². The van der Waals surface area contributed by atoms with Crippen LogP contribution in [0.1, 0.15) is 18.1 Å². The van der Waals surface area contributed by atoms with Crippen molar-refractivity contribution in [2.45, 2.75) is 20.3 Å². The normalized spacial score (nSPS) is 12.6. The summed E-state index contributed by atoms with van der Waals surface area (Å²) in [5.74, 6) is 0. The molecule has 0 bridgehead atoms. The van der Waals surface area contributed by atoms with Gasteiger partial charge in [-0.25, -0.2) is 4.72 Å². The minimum Gasteiger partial charge on any atom is -0.593 e. The highest BCUT2D eigenvalue weighted by Crippen LogP contribution is 2.17. The molecule has 0 aliphatic heterocycles. The first kappa shape index (κ1) is 10.4. The Bertz CT molecular complexity index is 286. The van der Waals surface area contributed by atoms with Crippen LogP contribution in [0.15, 0.2) is 18.2 Å². The molecule has 0 saturated carbocycles. The second-order valence-corrected chi connectivity index (χ2v) is 4.17. The second-order valence-electron chi connectivity index (χ2n) is 3.06. The number of hydrogen-bond donors (Lipinski definition) is 1. The maximum Gasteiger partial charge on any atom is 0.121 e. The summed E-state index contributed by atoms with van der Waals surface area (Å²) in [5, 5.41) is 0. The van der Waals surface area contributed by atoms with E-state index >= 15 is 0 Å². The molecular formula is C10H15NOS. The molecule has 1 unspecified atom stereocenters. The minimum absolute atomic E-state index is 0.957. The lowest BCUT2D eigenvalue weighted by Gasteiger charge is -2.10. The van der Waals surface area contributed by atoms with Crippen molar-refractivity contribution in [2.75, 3.05) is 11.0 Å². The van der Waals surface area contributed by atoms with E-state index in [2.05, 4.69) is 23.8 Å². The lowest BCUT2D eigenvalue weighted by Crippen LogP contribution is -2.10. The summed E-state index contributed by atoms with van der Waals surface area (Å²) in [6.45, 7) is 4.15. The van der Waals surface area contributed by atoms with Crippen LogP contribution < -0.4 is 4.72 Å². The number of nitrogens with one attached hydrogen (secondary N) is 1. The summed E-state index contributed by atoms with van der Waals surface area (Å²) in [6.07, 6.45) is 2.67. The lowest BCUT2D eigenvalue weighted by molar-refractivity contribution is 0.605. The molecule has 72 valence electrons. The molecule has 0 aliphatic rings. The fraction of sp³-hybridized carbons (Fsp3) is 0.400. The molecule has 2 nitrogen and oxygen atoms in total. The summed E-state index contributed by atoms with van der Waals surface area (Å²) in [7, 11) is 0. The number of benzene rings is 1. The second kappa shape index (κ2) is 4.53. The van der Waals surface area contributed by atoms with E-state index in [1.165, 1.54) is 5.56 Å². The van der Waals surface area contributed by atoms with E-state index in [9.17, 15) is 4.55 Å². The van der Waals surface area contributed by atoms with Crippen LogP contribution in [-0.2, 0) is 17.8 Å². The molecule has 0 radical (unpaired) electrons. The first-order chi connectivity index (χ1) is 6.13. The highest BCUT2D eigenvalue weighted by atomic mass is 32.2. The Balaban J connectivity index is 2.85. The molecule has 0 amide bonds. The van der Waals surface area contributed by atoms with Gasteiger partial charge in [0.25, 0.3) is 0 Å². The molecule has 0 fully saturated rings. The summed E-state index contributed by atoms with van der Waals surface area (Å²) in [4.78, 5) is 0. The highest BCUT2D eigenvalue weighted by molar-refractivity contribution is 7.92. The third kappa shape index (κ3) is 2.94. The van der Waals surface area contributed by atoms with E-state index in [0.29, 0.717) is 0 Å². The summed E-state index contributed by atoms with van der Waals surface area (Å²) >= 11 is -0.985. The molecule has 1 N–H and O–H groups in total. The van der Waals surface area contributed by atoms with Gasteiger partial charge in [-0.05, 0) is 30.5 Å². The molecule has 1 aromatic carbocycles. The van der Waals surface area contributed by atoms with Gasteiger partial charge in [0.15, 0.2) is 0 Å². The number of anilines is 1. The molecule has 0 aliphatic carbocycles. The zero-order valence-corrected chi connectivity index (χ0v) is 9.07. The molecule has 0 aromatic heterocycles. The number of hydrogen-bond acceptors (Lipinski definition) is 2. The van der Waals surface area contributed by atoms with Crippen LogP contribution in [0.5, 0.6) is 0 Å². The maximum absolute atomic E-state index is 10.9. The average molecular weight is 197 g/mol. The minimum atomic E-state index is -0.985. The van der Waals surface area contributed by atoms with Crippen LogP contribution in [0, 0.1) is 6.92 Å². The van der Waals surface area contributed by atoms with Crippen LogP contribution in [0.25, 0.3) is 0 Å². The SMILES string of the molecule is CCc1ccc(N[S+](C)[O-])c(C)c1. The Morgan fingerprint density at radius 1 is 1.46 bits per heavy atom. The van der Waals surface area contributed by atoms with Crippen molar-refractivity contribution in [1.29, 1.82) is 0 Å². The molecule has 1 aromatic rings. The quantitative estimate of drug-likeness (QED) is 0.754. The van der Waals surface area contributed by atoms with E-state index in [1.807, 2.05) is 13.0 Å². The van der Waals surface area contributed by atoms with Crippen molar-refractivity contribution < 1.29 is 4.55 Å². The molecule has 13 heavy (non-hydrogen) atoms. The third-order valence-corrected chi connectivity index (χ3v) is 2.46. The smallest absolute Gasteiger partial charge is 0.121 e. The Hall–Kier alpha value is -0.670. The van der Waals surface area contributed by atoms with Gasteiger partial charge in [-0.15, -0.1) is 0 Å².